The highest BCUT2D eigenvalue weighted by atomic mass is 16.5. The highest BCUT2D eigenvalue weighted by molar-refractivity contribution is 5.66. The Balaban J connectivity index is 2.08. The van der Waals surface area contributed by atoms with Gasteiger partial charge in [-0.15, -0.1) is 0 Å². The van der Waals surface area contributed by atoms with E-state index in [0.717, 1.165) is 0 Å². The third-order valence-corrected chi connectivity index (χ3v) is 1.80. The highest BCUT2D eigenvalue weighted by Crippen LogP contribution is 2.17. The average molecular weight is 208 g/mol. The first kappa shape index (κ1) is 9.45. The molecule has 0 amide bonds. The fourth-order valence-electron chi connectivity index (χ4n) is 1.08. The molecule has 0 aliphatic rings. The molecule has 15 heavy (non-hydrogen) atoms. The van der Waals surface area contributed by atoms with Crippen molar-refractivity contribution in [3.05, 3.63) is 24.4 Å². The lowest BCUT2D eigenvalue weighted by Gasteiger charge is -1.86. The van der Waals surface area contributed by atoms with Crippen LogP contribution < -0.4 is 0 Å². The number of rotatable bonds is 4. The Labute approximate surface area is 84.5 Å². The predicted molar refractivity (Wildman–Crippen MR) is 48.0 cm³/mol. The van der Waals surface area contributed by atoms with Crippen molar-refractivity contribution in [2.24, 2.45) is 0 Å². The molecule has 0 atom stereocenters. The minimum Gasteiger partial charge on any atom is -0.481 e. The molecule has 6 heteroatoms. The van der Waals surface area contributed by atoms with Crippen LogP contribution in [0.2, 0.25) is 0 Å². The van der Waals surface area contributed by atoms with Gasteiger partial charge >= 0.3 is 5.97 Å². The molecule has 0 radical (unpaired) electrons. The predicted octanol–water partition coefficient (Wildman–Crippen LogP) is 1.35. The summed E-state index contributed by atoms with van der Waals surface area (Å²) in [6.07, 6.45) is 3.23. The molecule has 0 saturated carbocycles. The number of aryl methyl sites for hydroxylation is 1. The van der Waals surface area contributed by atoms with E-state index in [4.69, 9.17) is 14.0 Å². The van der Waals surface area contributed by atoms with Gasteiger partial charge in [0.25, 0.3) is 5.89 Å². The maximum absolute atomic E-state index is 10.3. The van der Waals surface area contributed by atoms with Crippen molar-refractivity contribution in [1.29, 1.82) is 0 Å². The molecule has 2 aromatic heterocycles. The SMILES string of the molecule is O=C(O)CCc1noc(-c2ccoc2)n1. The molecule has 2 heterocycles. The Bertz CT molecular complexity index is 446. The van der Waals surface area contributed by atoms with Crippen molar-refractivity contribution in [2.45, 2.75) is 12.8 Å². The van der Waals surface area contributed by atoms with Gasteiger partial charge in [0.15, 0.2) is 5.82 Å². The summed E-state index contributed by atoms with van der Waals surface area (Å²) in [5, 5.41) is 12.1. The second-order valence-corrected chi connectivity index (χ2v) is 2.92. The van der Waals surface area contributed by atoms with Crippen LogP contribution in [0.5, 0.6) is 0 Å². The summed E-state index contributed by atoms with van der Waals surface area (Å²) in [5.41, 5.74) is 0.684. The largest absolute Gasteiger partial charge is 0.481 e. The van der Waals surface area contributed by atoms with Gasteiger partial charge in [0, 0.05) is 6.42 Å². The smallest absolute Gasteiger partial charge is 0.303 e. The van der Waals surface area contributed by atoms with Crippen LogP contribution >= 0.6 is 0 Å². The van der Waals surface area contributed by atoms with Crippen molar-refractivity contribution in [3.8, 4) is 11.5 Å². The molecular weight excluding hydrogens is 200 g/mol. The lowest BCUT2D eigenvalue weighted by molar-refractivity contribution is -0.137. The fraction of sp³-hybridized carbons (Fsp3) is 0.222. The summed E-state index contributed by atoms with van der Waals surface area (Å²) >= 11 is 0. The van der Waals surface area contributed by atoms with Gasteiger partial charge in [0.05, 0.1) is 18.2 Å². The molecule has 2 aromatic rings. The van der Waals surface area contributed by atoms with E-state index in [2.05, 4.69) is 10.1 Å². The van der Waals surface area contributed by atoms with Gasteiger partial charge in [0.2, 0.25) is 0 Å². The summed E-state index contributed by atoms with van der Waals surface area (Å²) in [7, 11) is 0. The zero-order valence-electron chi connectivity index (χ0n) is 7.71. The van der Waals surface area contributed by atoms with E-state index in [0.29, 0.717) is 17.3 Å². The summed E-state index contributed by atoms with van der Waals surface area (Å²) in [5.74, 6) is -0.164. The molecule has 0 aliphatic heterocycles. The first-order valence-corrected chi connectivity index (χ1v) is 4.32. The Morgan fingerprint density at radius 3 is 3.07 bits per heavy atom. The van der Waals surface area contributed by atoms with Gasteiger partial charge in [-0.05, 0) is 6.07 Å². The fourth-order valence-corrected chi connectivity index (χ4v) is 1.08. The van der Waals surface area contributed by atoms with E-state index in [-0.39, 0.29) is 12.8 Å². The molecule has 6 nitrogen and oxygen atoms in total. The summed E-state index contributed by atoms with van der Waals surface area (Å²) in [6, 6.07) is 1.69. The third kappa shape index (κ3) is 2.22. The van der Waals surface area contributed by atoms with E-state index < -0.39 is 5.97 Å². The maximum atomic E-state index is 10.3. The third-order valence-electron chi connectivity index (χ3n) is 1.80. The zero-order valence-corrected chi connectivity index (χ0v) is 7.71. The molecule has 0 fully saturated rings. The van der Waals surface area contributed by atoms with Crippen LogP contribution in [0.4, 0.5) is 0 Å². The second kappa shape index (κ2) is 3.95. The van der Waals surface area contributed by atoms with Gasteiger partial charge in [-0.3, -0.25) is 4.79 Å². The molecule has 1 N–H and O–H groups in total. The van der Waals surface area contributed by atoms with Crippen LogP contribution in [0.1, 0.15) is 12.2 Å². The van der Waals surface area contributed by atoms with Crippen molar-refractivity contribution < 1.29 is 18.8 Å². The normalized spacial score (nSPS) is 10.4. The highest BCUT2D eigenvalue weighted by Gasteiger charge is 2.10. The first-order valence-electron chi connectivity index (χ1n) is 4.32. The summed E-state index contributed by atoms with van der Waals surface area (Å²) < 4.78 is 9.78. The van der Waals surface area contributed by atoms with Gasteiger partial charge in [-0.2, -0.15) is 4.98 Å². The molecule has 0 aromatic carbocycles. The van der Waals surface area contributed by atoms with Crippen LogP contribution in [0.25, 0.3) is 11.5 Å². The van der Waals surface area contributed by atoms with E-state index >= 15 is 0 Å². The minimum absolute atomic E-state index is 0.00956. The van der Waals surface area contributed by atoms with Gasteiger partial charge in [-0.1, -0.05) is 5.16 Å². The number of aromatic nitrogens is 2. The monoisotopic (exact) mass is 208 g/mol. The summed E-state index contributed by atoms with van der Waals surface area (Å²) in [4.78, 5) is 14.3. The van der Waals surface area contributed by atoms with E-state index in [1.807, 2.05) is 0 Å². The number of carbonyl (C=O) groups is 1. The average Bonchev–Trinajstić information content (AvgIpc) is 2.85. The van der Waals surface area contributed by atoms with Crippen molar-refractivity contribution in [1.82, 2.24) is 10.1 Å². The van der Waals surface area contributed by atoms with E-state index in [1.54, 1.807) is 6.07 Å². The van der Waals surface area contributed by atoms with Crippen molar-refractivity contribution >= 4 is 5.97 Å². The number of hydrogen-bond acceptors (Lipinski definition) is 5. The summed E-state index contributed by atoms with van der Waals surface area (Å²) in [6.45, 7) is 0. The van der Waals surface area contributed by atoms with Gasteiger partial charge in [-0.25, -0.2) is 0 Å². The molecule has 0 bridgehead atoms. The number of carboxylic acid groups (broad SMARTS) is 1. The number of nitrogens with zero attached hydrogens (tertiary/aromatic N) is 2. The molecule has 78 valence electrons. The van der Waals surface area contributed by atoms with Gasteiger partial charge in [0.1, 0.15) is 6.26 Å². The number of carboxylic acids is 1. The lowest BCUT2D eigenvalue weighted by atomic mass is 10.3. The van der Waals surface area contributed by atoms with E-state index in [9.17, 15) is 4.79 Å². The zero-order chi connectivity index (χ0) is 10.7. The lowest BCUT2D eigenvalue weighted by Crippen LogP contribution is -1.98. The van der Waals surface area contributed by atoms with Crippen LogP contribution in [0.3, 0.4) is 0 Å². The Morgan fingerprint density at radius 2 is 2.40 bits per heavy atom. The Kier molecular flexibility index (Phi) is 2.49. The van der Waals surface area contributed by atoms with Crippen LogP contribution in [-0.2, 0) is 11.2 Å². The van der Waals surface area contributed by atoms with Crippen LogP contribution in [-0.4, -0.2) is 21.2 Å². The number of furan rings is 1. The first-order chi connectivity index (χ1) is 7.25. The standard InChI is InChI=1S/C9H8N2O4/c12-8(13)2-1-7-10-9(15-11-7)6-3-4-14-5-6/h3-5H,1-2H2,(H,12,13). The van der Waals surface area contributed by atoms with Crippen LogP contribution in [0.15, 0.2) is 27.5 Å². The molecule has 2 rings (SSSR count). The topological polar surface area (TPSA) is 89.4 Å². The quantitative estimate of drug-likeness (QED) is 0.815. The number of hydrogen-bond donors (Lipinski definition) is 1. The maximum Gasteiger partial charge on any atom is 0.303 e. The Hall–Kier alpha value is -2.11. The minimum atomic E-state index is -0.885. The van der Waals surface area contributed by atoms with Crippen molar-refractivity contribution in [2.75, 3.05) is 0 Å². The molecule has 0 saturated heterocycles. The Morgan fingerprint density at radius 1 is 1.53 bits per heavy atom. The van der Waals surface area contributed by atoms with Gasteiger partial charge < -0.3 is 14.0 Å². The number of aliphatic carboxylic acids is 1. The van der Waals surface area contributed by atoms with Crippen LogP contribution in [0, 0.1) is 0 Å². The molecule has 0 spiro atoms. The molecule has 0 unspecified atom stereocenters. The molecule has 0 aliphatic carbocycles. The second-order valence-electron chi connectivity index (χ2n) is 2.92. The van der Waals surface area contributed by atoms with Crippen molar-refractivity contribution in [3.63, 3.8) is 0 Å². The molecular formula is C9H8N2O4. The van der Waals surface area contributed by atoms with E-state index in [1.165, 1.54) is 12.5 Å².